The molecule has 138 valence electrons. The van der Waals surface area contributed by atoms with Crippen molar-refractivity contribution in [2.45, 2.75) is 38.0 Å². The lowest BCUT2D eigenvalue weighted by molar-refractivity contribution is -0.192. The number of likely N-dealkylation sites (tertiary alicyclic amines) is 1. The first-order valence-electron chi connectivity index (χ1n) is 6.74. The summed E-state index contributed by atoms with van der Waals surface area (Å²) in [5, 5.41) is 18.2. The van der Waals surface area contributed by atoms with Crippen LogP contribution in [0.25, 0.3) is 0 Å². The molecule has 0 bridgehead atoms. The molecule has 12 heteroatoms. The second-order valence-corrected chi connectivity index (χ2v) is 4.82. The van der Waals surface area contributed by atoms with Crippen molar-refractivity contribution >= 4 is 23.8 Å². The fourth-order valence-electron chi connectivity index (χ4n) is 1.83. The zero-order chi connectivity index (χ0) is 19.1. The Bertz CT molecular complexity index is 497. The van der Waals surface area contributed by atoms with E-state index in [1.165, 1.54) is 11.8 Å². The number of carbonyl (C=O) groups is 4. The Hall–Kier alpha value is -2.37. The standard InChI is InChI=1S/C10H17N3O4.C2HF3O2/c1-6(10(16)17)12-9(15)7-3-2-4-13(7)8(14)5-11;3-2(4,5)1(6)7/h6-7H,2-5,11H2,1H3,(H,12,15)(H,16,17);(H,6,7)/t6-,7-;/m0./s1. The summed E-state index contributed by atoms with van der Waals surface area (Å²) in [4.78, 5) is 44.1. The van der Waals surface area contributed by atoms with Crippen molar-refractivity contribution in [1.29, 1.82) is 0 Å². The monoisotopic (exact) mass is 357 g/mol. The van der Waals surface area contributed by atoms with Crippen LogP contribution >= 0.6 is 0 Å². The minimum Gasteiger partial charge on any atom is -0.480 e. The molecule has 0 aromatic heterocycles. The molecule has 1 heterocycles. The van der Waals surface area contributed by atoms with Crippen LogP contribution in [0.3, 0.4) is 0 Å². The largest absolute Gasteiger partial charge is 0.490 e. The molecule has 0 aromatic rings. The molecule has 0 aromatic carbocycles. The van der Waals surface area contributed by atoms with Crippen LogP contribution in [0.1, 0.15) is 19.8 Å². The summed E-state index contributed by atoms with van der Waals surface area (Å²) in [6.45, 7) is 1.73. The summed E-state index contributed by atoms with van der Waals surface area (Å²) in [6.07, 6.45) is -3.81. The average molecular weight is 357 g/mol. The number of amides is 2. The van der Waals surface area contributed by atoms with Crippen molar-refractivity contribution in [2.75, 3.05) is 13.1 Å². The zero-order valence-corrected chi connectivity index (χ0v) is 12.7. The predicted molar refractivity (Wildman–Crippen MR) is 72.7 cm³/mol. The number of nitrogens with zero attached hydrogens (tertiary/aromatic N) is 1. The number of nitrogens with one attached hydrogen (secondary N) is 1. The first kappa shape index (κ1) is 21.6. The number of carboxylic acid groups (broad SMARTS) is 2. The molecule has 1 rings (SSSR count). The summed E-state index contributed by atoms with van der Waals surface area (Å²) in [5.74, 6) is -4.58. The van der Waals surface area contributed by atoms with Gasteiger partial charge in [-0.3, -0.25) is 14.4 Å². The third-order valence-electron chi connectivity index (χ3n) is 3.02. The number of halogens is 3. The number of hydrogen-bond acceptors (Lipinski definition) is 5. The Kier molecular flexibility index (Phi) is 8.16. The van der Waals surface area contributed by atoms with Crippen LogP contribution < -0.4 is 11.1 Å². The molecule has 0 unspecified atom stereocenters. The molecule has 0 spiro atoms. The summed E-state index contributed by atoms with van der Waals surface area (Å²) in [5.41, 5.74) is 5.25. The van der Waals surface area contributed by atoms with Gasteiger partial charge in [0.25, 0.3) is 0 Å². The van der Waals surface area contributed by atoms with E-state index in [2.05, 4.69) is 5.32 Å². The Labute approximate surface area is 134 Å². The van der Waals surface area contributed by atoms with Gasteiger partial charge in [-0.1, -0.05) is 0 Å². The summed E-state index contributed by atoms with van der Waals surface area (Å²) < 4.78 is 31.7. The third-order valence-corrected chi connectivity index (χ3v) is 3.02. The number of rotatable bonds is 4. The SMILES string of the molecule is C[C@H](NC(=O)[C@@H]1CCCN1C(=O)CN)C(=O)O.O=C(O)C(F)(F)F. The van der Waals surface area contributed by atoms with Crippen molar-refractivity contribution in [3.8, 4) is 0 Å². The van der Waals surface area contributed by atoms with Crippen molar-refractivity contribution in [3.05, 3.63) is 0 Å². The smallest absolute Gasteiger partial charge is 0.480 e. The molecular weight excluding hydrogens is 339 g/mol. The average Bonchev–Trinajstić information content (AvgIpc) is 2.95. The molecule has 2 amide bonds. The van der Waals surface area contributed by atoms with Gasteiger partial charge in [-0.2, -0.15) is 13.2 Å². The number of carboxylic acids is 2. The van der Waals surface area contributed by atoms with E-state index in [-0.39, 0.29) is 12.5 Å². The summed E-state index contributed by atoms with van der Waals surface area (Å²) >= 11 is 0. The lowest BCUT2D eigenvalue weighted by atomic mass is 10.2. The molecule has 2 atom stereocenters. The number of aliphatic carboxylic acids is 2. The fourth-order valence-corrected chi connectivity index (χ4v) is 1.83. The van der Waals surface area contributed by atoms with Crippen LogP contribution in [0, 0.1) is 0 Å². The second kappa shape index (κ2) is 9.05. The Morgan fingerprint density at radius 2 is 1.79 bits per heavy atom. The highest BCUT2D eigenvalue weighted by molar-refractivity contribution is 5.91. The number of hydrogen-bond donors (Lipinski definition) is 4. The van der Waals surface area contributed by atoms with Gasteiger partial charge < -0.3 is 26.2 Å². The van der Waals surface area contributed by atoms with E-state index in [1.54, 1.807) is 0 Å². The highest BCUT2D eigenvalue weighted by Gasteiger charge is 2.38. The minimum absolute atomic E-state index is 0.141. The number of carbonyl (C=O) groups excluding carboxylic acids is 2. The van der Waals surface area contributed by atoms with E-state index in [9.17, 15) is 27.6 Å². The van der Waals surface area contributed by atoms with Crippen LogP contribution in [0.4, 0.5) is 13.2 Å². The summed E-state index contributed by atoms with van der Waals surface area (Å²) in [7, 11) is 0. The molecule has 1 aliphatic heterocycles. The molecule has 9 nitrogen and oxygen atoms in total. The van der Waals surface area contributed by atoms with E-state index in [0.717, 1.165) is 6.42 Å². The van der Waals surface area contributed by atoms with Gasteiger partial charge in [-0.15, -0.1) is 0 Å². The molecule has 0 aliphatic carbocycles. The van der Waals surface area contributed by atoms with Crippen LogP contribution in [0.15, 0.2) is 0 Å². The maximum absolute atomic E-state index is 11.8. The lowest BCUT2D eigenvalue weighted by Crippen LogP contribution is -2.51. The van der Waals surface area contributed by atoms with Gasteiger partial charge in [0.2, 0.25) is 11.8 Å². The fraction of sp³-hybridized carbons (Fsp3) is 0.667. The van der Waals surface area contributed by atoms with E-state index in [4.69, 9.17) is 20.7 Å². The number of alkyl halides is 3. The maximum Gasteiger partial charge on any atom is 0.490 e. The minimum atomic E-state index is -5.08. The Morgan fingerprint density at radius 1 is 1.29 bits per heavy atom. The van der Waals surface area contributed by atoms with E-state index < -0.39 is 36.1 Å². The lowest BCUT2D eigenvalue weighted by Gasteiger charge is -2.24. The van der Waals surface area contributed by atoms with Crippen molar-refractivity contribution in [3.63, 3.8) is 0 Å². The first-order valence-corrected chi connectivity index (χ1v) is 6.74. The van der Waals surface area contributed by atoms with E-state index >= 15 is 0 Å². The second-order valence-electron chi connectivity index (χ2n) is 4.82. The van der Waals surface area contributed by atoms with Gasteiger partial charge in [-0.05, 0) is 19.8 Å². The van der Waals surface area contributed by atoms with Crippen LogP contribution in [-0.4, -0.2) is 70.2 Å². The highest BCUT2D eigenvalue weighted by Crippen LogP contribution is 2.17. The molecule has 1 fully saturated rings. The maximum atomic E-state index is 11.8. The molecular formula is C12H18F3N3O6. The molecule has 0 saturated carbocycles. The molecule has 24 heavy (non-hydrogen) atoms. The zero-order valence-electron chi connectivity index (χ0n) is 12.7. The van der Waals surface area contributed by atoms with Gasteiger partial charge >= 0.3 is 18.1 Å². The Morgan fingerprint density at radius 3 is 2.17 bits per heavy atom. The van der Waals surface area contributed by atoms with Gasteiger partial charge in [0.05, 0.1) is 6.54 Å². The van der Waals surface area contributed by atoms with E-state index in [1.807, 2.05) is 0 Å². The molecule has 0 radical (unpaired) electrons. The quantitative estimate of drug-likeness (QED) is 0.512. The molecule has 5 N–H and O–H groups in total. The number of nitrogens with two attached hydrogens (primary N) is 1. The van der Waals surface area contributed by atoms with Gasteiger partial charge in [0.1, 0.15) is 12.1 Å². The molecule has 1 aliphatic rings. The highest BCUT2D eigenvalue weighted by atomic mass is 19.4. The van der Waals surface area contributed by atoms with Gasteiger partial charge in [-0.25, -0.2) is 4.79 Å². The normalized spacial score (nSPS) is 18.2. The van der Waals surface area contributed by atoms with E-state index in [0.29, 0.717) is 13.0 Å². The van der Waals surface area contributed by atoms with Gasteiger partial charge in [0.15, 0.2) is 0 Å². The molecule has 1 saturated heterocycles. The topological polar surface area (TPSA) is 150 Å². The van der Waals surface area contributed by atoms with Crippen molar-refractivity contribution in [2.24, 2.45) is 5.73 Å². The van der Waals surface area contributed by atoms with Crippen LogP contribution in [0.5, 0.6) is 0 Å². The van der Waals surface area contributed by atoms with Crippen molar-refractivity contribution in [1.82, 2.24) is 10.2 Å². The first-order chi connectivity index (χ1) is 10.9. The van der Waals surface area contributed by atoms with Gasteiger partial charge in [0, 0.05) is 6.54 Å². The van der Waals surface area contributed by atoms with Crippen LogP contribution in [-0.2, 0) is 19.2 Å². The Balaban J connectivity index is 0.000000640. The van der Waals surface area contributed by atoms with Crippen molar-refractivity contribution < 1.29 is 42.6 Å². The van der Waals surface area contributed by atoms with Crippen LogP contribution in [0.2, 0.25) is 0 Å². The predicted octanol–water partition coefficient (Wildman–Crippen LogP) is -0.841. The summed E-state index contributed by atoms with van der Waals surface area (Å²) in [6, 6.07) is -1.55. The third kappa shape index (κ3) is 6.81.